The molecule has 37 heavy (non-hydrogen) atoms. The Morgan fingerprint density at radius 1 is 1.14 bits per heavy atom. The van der Waals surface area contributed by atoms with Crippen molar-refractivity contribution in [2.75, 3.05) is 37.4 Å². The van der Waals surface area contributed by atoms with E-state index in [-0.39, 0.29) is 4.90 Å². The number of nitrogens with zero attached hydrogens (tertiary/aromatic N) is 1. The predicted octanol–water partition coefficient (Wildman–Crippen LogP) is 4.62. The zero-order valence-electron chi connectivity index (χ0n) is 21.3. The fourth-order valence-corrected chi connectivity index (χ4v) is 6.84. The number of aryl methyl sites for hydroxylation is 1. The number of fused-ring (bicyclic) bond motifs is 1. The first-order chi connectivity index (χ1) is 17.9. The van der Waals surface area contributed by atoms with Crippen LogP contribution < -0.4 is 20.5 Å². The maximum absolute atomic E-state index is 11.6. The molecule has 9 heteroatoms. The standard InChI is InChI=1S/C28H34N4O3S2/c1-3-22-23-6-4-7-25(31-19-13-16-32(17-14-19)20-9-10-20)28(23)36-27(22)8-5-15-30-24-12-11-21(37(29,33)34)18-26(24)35-2/h4,6-7,11-12,18-20,30-31H,3,9-10,13-17H2,1-2H3,(H2,29,33,34). The summed E-state index contributed by atoms with van der Waals surface area (Å²) in [5.74, 6) is 7.00. The molecular weight excluding hydrogens is 504 g/mol. The third-order valence-corrected chi connectivity index (χ3v) is 9.30. The van der Waals surface area contributed by atoms with Gasteiger partial charge >= 0.3 is 0 Å². The number of piperidine rings is 1. The number of primary sulfonamides is 1. The van der Waals surface area contributed by atoms with Crippen LogP contribution in [0.3, 0.4) is 0 Å². The van der Waals surface area contributed by atoms with Crippen molar-refractivity contribution in [3.8, 4) is 17.6 Å². The molecule has 1 aliphatic heterocycles. The van der Waals surface area contributed by atoms with Crippen LogP contribution in [0.1, 0.15) is 43.0 Å². The average Bonchev–Trinajstić information content (AvgIpc) is 3.67. The van der Waals surface area contributed by atoms with Gasteiger partial charge in [-0.1, -0.05) is 30.9 Å². The van der Waals surface area contributed by atoms with E-state index < -0.39 is 10.0 Å². The largest absolute Gasteiger partial charge is 0.495 e. The third-order valence-electron chi connectivity index (χ3n) is 7.20. The molecule has 1 saturated carbocycles. The van der Waals surface area contributed by atoms with E-state index in [4.69, 9.17) is 9.88 Å². The lowest BCUT2D eigenvalue weighted by Crippen LogP contribution is -2.40. The first-order valence-electron chi connectivity index (χ1n) is 12.9. The molecular formula is C28H34N4O3S2. The molecule has 3 aromatic rings. The summed E-state index contributed by atoms with van der Waals surface area (Å²) in [5.41, 5.74) is 3.16. The fraction of sp³-hybridized carbons (Fsp3) is 0.429. The van der Waals surface area contributed by atoms with E-state index >= 15 is 0 Å². The molecule has 0 bridgehead atoms. The lowest BCUT2D eigenvalue weighted by molar-refractivity contribution is 0.210. The minimum atomic E-state index is -3.79. The molecule has 4 N–H and O–H groups in total. The normalized spacial score (nSPS) is 16.8. The van der Waals surface area contributed by atoms with E-state index in [1.54, 1.807) is 17.4 Å². The van der Waals surface area contributed by atoms with Gasteiger partial charge < -0.3 is 20.3 Å². The highest BCUT2D eigenvalue weighted by atomic mass is 32.2. The topological polar surface area (TPSA) is 96.7 Å². The van der Waals surface area contributed by atoms with Crippen LogP contribution in [-0.2, 0) is 16.4 Å². The number of hydrogen-bond donors (Lipinski definition) is 3. The first kappa shape index (κ1) is 25.9. The summed E-state index contributed by atoms with van der Waals surface area (Å²) >= 11 is 1.76. The number of ether oxygens (including phenoxy) is 1. The molecule has 0 spiro atoms. The van der Waals surface area contributed by atoms with Crippen LogP contribution in [0.4, 0.5) is 11.4 Å². The first-order valence-corrected chi connectivity index (χ1v) is 15.2. The van der Waals surface area contributed by atoms with Crippen LogP contribution in [0, 0.1) is 11.8 Å². The minimum absolute atomic E-state index is 0.0109. The number of anilines is 2. The summed E-state index contributed by atoms with van der Waals surface area (Å²) in [6.45, 7) is 4.97. The van der Waals surface area contributed by atoms with Crippen LogP contribution in [0.2, 0.25) is 0 Å². The molecule has 1 aromatic heterocycles. The van der Waals surface area contributed by atoms with Crippen molar-refractivity contribution in [3.05, 3.63) is 46.8 Å². The van der Waals surface area contributed by atoms with Crippen molar-refractivity contribution in [3.63, 3.8) is 0 Å². The number of methoxy groups -OCH3 is 1. The van der Waals surface area contributed by atoms with Gasteiger partial charge in [0.05, 0.1) is 39.5 Å². The number of likely N-dealkylation sites (tertiary alicyclic amines) is 1. The van der Waals surface area contributed by atoms with E-state index in [0.29, 0.717) is 24.0 Å². The summed E-state index contributed by atoms with van der Waals surface area (Å²) in [5, 5.41) is 13.6. The molecule has 7 nitrogen and oxygen atoms in total. The van der Waals surface area contributed by atoms with E-state index in [0.717, 1.165) is 17.3 Å². The van der Waals surface area contributed by atoms with Gasteiger partial charge in [0.1, 0.15) is 5.75 Å². The Morgan fingerprint density at radius 3 is 2.59 bits per heavy atom. The van der Waals surface area contributed by atoms with Crippen molar-refractivity contribution in [1.82, 2.24) is 4.90 Å². The molecule has 0 unspecified atom stereocenters. The fourth-order valence-electron chi connectivity index (χ4n) is 5.06. The lowest BCUT2D eigenvalue weighted by atomic mass is 10.0. The Morgan fingerprint density at radius 2 is 1.92 bits per heavy atom. The van der Waals surface area contributed by atoms with Gasteiger partial charge in [-0.15, -0.1) is 11.3 Å². The van der Waals surface area contributed by atoms with Crippen LogP contribution in [0.15, 0.2) is 41.3 Å². The minimum Gasteiger partial charge on any atom is -0.495 e. The summed E-state index contributed by atoms with van der Waals surface area (Å²) in [6, 6.07) is 12.4. The number of hydrogen-bond acceptors (Lipinski definition) is 7. The zero-order valence-corrected chi connectivity index (χ0v) is 23.0. The number of thiophene rings is 1. The maximum Gasteiger partial charge on any atom is 0.238 e. The summed E-state index contributed by atoms with van der Waals surface area (Å²) < 4.78 is 29.8. The highest BCUT2D eigenvalue weighted by molar-refractivity contribution is 7.89. The third kappa shape index (κ3) is 5.88. The molecule has 0 radical (unpaired) electrons. The van der Waals surface area contributed by atoms with Crippen LogP contribution in [-0.4, -0.2) is 52.1 Å². The quantitative estimate of drug-likeness (QED) is 0.362. The van der Waals surface area contributed by atoms with Gasteiger partial charge in [-0.3, -0.25) is 0 Å². The second-order valence-electron chi connectivity index (χ2n) is 9.69. The number of benzene rings is 2. The number of rotatable bonds is 8. The van der Waals surface area contributed by atoms with Crippen LogP contribution >= 0.6 is 11.3 Å². The summed E-state index contributed by atoms with van der Waals surface area (Å²) in [4.78, 5) is 3.76. The molecule has 2 aromatic carbocycles. The molecule has 0 amide bonds. The molecule has 2 heterocycles. The number of nitrogens with one attached hydrogen (secondary N) is 2. The van der Waals surface area contributed by atoms with Gasteiger partial charge in [0, 0.05) is 31.2 Å². The predicted molar refractivity (Wildman–Crippen MR) is 152 cm³/mol. The maximum atomic E-state index is 11.6. The Bertz CT molecular complexity index is 1440. The number of nitrogens with two attached hydrogens (primary N) is 1. The van der Waals surface area contributed by atoms with Crippen molar-refractivity contribution in [2.24, 2.45) is 5.14 Å². The van der Waals surface area contributed by atoms with E-state index in [9.17, 15) is 8.42 Å². The van der Waals surface area contributed by atoms with Crippen molar-refractivity contribution < 1.29 is 13.2 Å². The molecule has 1 saturated heterocycles. The van der Waals surface area contributed by atoms with Gasteiger partial charge in [0.15, 0.2) is 0 Å². The molecule has 1 aliphatic carbocycles. The van der Waals surface area contributed by atoms with Crippen LogP contribution in [0.25, 0.3) is 10.1 Å². The Balaban J connectivity index is 1.29. The molecule has 2 fully saturated rings. The van der Waals surface area contributed by atoms with Gasteiger partial charge in [0.25, 0.3) is 0 Å². The summed E-state index contributed by atoms with van der Waals surface area (Å²) in [6.07, 6.45) is 6.07. The van der Waals surface area contributed by atoms with Gasteiger partial charge in [-0.25, -0.2) is 13.6 Å². The Labute approximate surface area is 223 Å². The van der Waals surface area contributed by atoms with E-state index in [1.807, 2.05) is 0 Å². The summed E-state index contributed by atoms with van der Waals surface area (Å²) in [7, 11) is -2.30. The van der Waals surface area contributed by atoms with Crippen LogP contribution in [0.5, 0.6) is 5.75 Å². The second-order valence-corrected chi connectivity index (χ2v) is 12.3. The SMILES string of the molecule is CCc1c(C#CCNc2ccc(S(N)(=O)=O)cc2OC)sc2c(NC3CCN(C4CC4)CC3)cccc12. The highest BCUT2D eigenvalue weighted by Gasteiger charge is 2.31. The molecule has 196 valence electrons. The van der Waals surface area contributed by atoms with E-state index in [2.05, 4.69) is 52.5 Å². The van der Waals surface area contributed by atoms with E-state index in [1.165, 1.54) is 79.4 Å². The van der Waals surface area contributed by atoms with Crippen molar-refractivity contribution >= 4 is 42.8 Å². The smallest absolute Gasteiger partial charge is 0.238 e. The van der Waals surface area contributed by atoms with Crippen molar-refractivity contribution in [1.29, 1.82) is 0 Å². The van der Waals surface area contributed by atoms with Gasteiger partial charge in [-0.05, 0) is 61.3 Å². The lowest BCUT2D eigenvalue weighted by Gasteiger charge is -2.33. The van der Waals surface area contributed by atoms with Crippen molar-refractivity contribution in [2.45, 2.75) is 56.0 Å². The average molecular weight is 539 g/mol. The highest BCUT2D eigenvalue weighted by Crippen LogP contribution is 2.37. The van der Waals surface area contributed by atoms with Gasteiger partial charge in [-0.2, -0.15) is 0 Å². The Hall–Kier alpha value is -2.77. The monoisotopic (exact) mass is 538 g/mol. The molecule has 5 rings (SSSR count). The number of sulfonamides is 1. The second kappa shape index (κ2) is 10.9. The molecule has 0 atom stereocenters. The van der Waals surface area contributed by atoms with Gasteiger partial charge in [0.2, 0.25) is 10.0 Å². The zero-order chi connectivity index (χ0) is 26.0. The molecule has 2 aliphatic rings. The Kier molecular flexibility index (Phi) is 7.63.